The molecule has 2 aliphatic rings. The van der Waals surface area contributed by atoms with Crippen LogP contribution in [0.25, 0.3) is 0 Å². The molecule has 0 saturated carbocycles. The minimum absolute atomic E-state index is 0.0117. The van der Waals surface area contributed by atoms with E-state index in [4.69, 9.17) is 0 Å². The lowest BCUT2D eigenvalue weighted by Gasteiger charge is -2.38. The Morgan fingerprint density at radius 2 is 2.21 bits per heavy atom. The molecule has 2 aromatic rings. The Kier molecular flexibility index (Phi) is 3.72. The molecule has 0 aliphatic carbocycles. The highest BCUT2D eigenvalue weighted by molar-refractivity contribution is 5.94. The molecule has 0 spiro atoms. The molecular weight excluding hydrogens is 308 g/mol. The first-order valence-corrected chi connectivity index (χ1v) is 8.08. The van der Waals surface area contributed by atoms with Crippen LogP contribution >= 0.6 is 0 Å². The zero-order valence-electron chi connectivity index (χ0n) is 13.2. The predicted molar refractivity (Wildman–Crippen MR) is 83.9 cm³/mol. The first-order chi connectivity index (χ1) is 11.7. The van der Waals surface area contributed by atoms with Crippen LogP contribution in [0.3, 0.4) is 0 Å². The van der Waals surface area contributed by atoms with Crippen molar-refractivity contribution in [1.29, 1.82) is 0 Å². The van der Waals surface area contributed by atoms with Gasteiger partial charge < -0.3 is 9.80 Å². The second-order valence-corrected chi connectivity index (χ2v) is 6.21. The second kappa shape index (κ2) is 6.03. The van der Waals surface area contributed by atoms with Gasteiger partial charge in [0, 0.05) is 38.4 Å². The molecule has 4 rings (SSSR count). The molecule has 0 unspecified atom stereocenters. The molecule has 8 heteroatoms. The molecule has 0 atom stereocenters. The topological polar surface area (TPSA) is 84.2 Å². The number of nitrogens with zero attached hydrogens (tertiary/aromatic N) is 6. The normalized spacial score (nSPS) is 18.1. The SMILES string of the molecule is O=C1CCCN1Cc1cn(C2CN(C(=O)c3cccnc3)C2)nn1. The van der Waals surface area contributed by atoms with Gasteiger partial charge in [-0.15, -0.1) is 5.10 Å². The van der Waals surface area contributed by atoms with Crippen LogP contribution in [0.4, 0.5) is 0 Å². The van der Waals surface area contributed by atoms with E-state index in [1.165, 1.54) is 0 Å². The number of hydrogen-bond donors (Lipinski definition) is 0. The lowest BCUT2D eigenvalue weighted by molar-refractivity contribution is -0.128. The van der Waals surface area contributed by atoms with Gasteiger partial charge in [0.15, 0.2) is 0 Å². The summed E-state index contributed by atoms with van der Waals surface area (Å²) >= 11 is 0. The molecule has 8 nitrogen and oxygen atoms in total. The smallest absolute Gasteiger partial charge is 0.255 e. The number of carbonyl (C=O) groups excluding carboxylic acids is 2. The van der Waals surface area contributed by atoms with Gasteiger partial charge in [-0.05, 0) is 18.6 Å². The third kappa shape index (κ3) is 2.75. The van der Waals surface area contributed by atoms with Crippen LogP contribution in [0, 0.1) is 0 Å². The maximum absolute atomic E-state index is 12.3. The summed E-state index contributed by atoms with van der Waals surface area (Å²) in [6.07, 6.45) is 6.65. The molecule has 124 valence electrons. The van der Waals surface area contributed by atoms with Crippen LogP contribution in [0.1, 0.15) is 34.9 Å². The fraction of sp³-hybridized carbons (Fsp3) is 0.438. The molecule has 24 heavy (non-hydrogen) atoms. The van der Waals surface area contributed by atoms with E-state index in [-0.39, 0.29) is 17.9 Å². The number of carbonyl (C=O) groups is 2. The van der Waals surface area contributed by atoms with Crippen molar-refractivity contribution >= 4 is 11.8 Å². The average molecular weight is 326 g/mol. The van der Waals surface area contributed by atoms with E-state index in [1.54, 1.807) is 34.1 Å². The quantitative estimate of drug-likeness (QED) is 0.816. The Labute approximate surface area is 139 Å². The van der Waals surface area contributed by atoms with Gasteiger partial charge in [0.2, 0.25) is 5.91 Å². The lowest BCUT2D eigenvalue weighted by Crippen LogP contribution is -2.50. The Balaban J connectivity index is 1.34. The van der Waals surface area contributed by atoms with E-state index >= 15 is 0 Å². The van der Waals surface area contributed by atoms with Crippen molar-refractivity contribution in [2.45, 2.75) is 25.4 Å². The van der Waals surface area contributed by atoms with Crippen LogP contribution in [0.5, 0.6) is 0 Å². The molecule has 2 amide bonds. The van der Waals surface area contributed by atoms with Crippen molar-refractivity contribution in [1.82, 2.24) is 29.8 Å². The van der Waals surface area contributed by atoms with Crippen molar-refractivity contribution in [3.63, 3.8) is 0 Å². The van der Waals surface area contributed by atoms with Crippen molar-refractivity contribution in [2.24, 2.45) is 0 Å². The van der Waals surface area contributed by atoms with E-state index in [0.29, 0.717) is 31.6 Å². The van der Waals surface area contributed by atoms with Gasteiger partial charge in [0.25, 0.3) is 5.91 Å². The maximum atomic E-state index is 12.3. The number of rotatable bonds is 4. The van der Waals surface area contributed by atoms with E-state index in [1.807, 2.05) is 11.1 Å². The van der Waals surface area contributed by atoms with E-state index in [9.17, 15) is 9.59 Å². The van der Waals surface area contributed by atoms with E-state index in [2.05, 4.69) is 15.3 Å². The Hall–Kier alpha value is -2.77. The largest absolute Gasteiger partial charge is 0.337 e. The van der Waals surface area contributed by atoms with Crippen LogP contribution in [-0.2, 0) is 11.3 Å². The number of hydrogen-bond acceptors (Lipinski definition) is 5. The standard InChI is InChI=1S/C16H18N6O2/c23-15-4-2-6-20(15)8-13-9-22(19-18-13)14-10-21(11-14)16(24)12-3-1-5-17-7-12/h1,3,5,7,9,14H,2,4,6,8,10-11H2. The first kappa shape index (κ1) is 14.8. The summed E-state index contributed by atoms with van der Waals surface area (Å²) in [5.41, 5.74) is 1.39. The summed E-state index contributed by atoms with van der Waals surface area (Å²) in [6.45, 7) is 2.53. The number of aromatic nitrogens is 4. The zero-order valence-corrected chi connectivity index (χ0v) is 13.2. The third-order valence-corrected chi connectivity index (χ3v) is 4.51. The maximum Gasteiger partial charge on any atom is 0.255 e. The minimum Gasteiger partial charge on any atom is -0.337 e. The van der Waals surface area contributed by atoms with Gasteiger partial charge in [-0.2, -0.15) is 0 Å². The molecular formula is C16H18N6O2. The Morgan fingerprint density at radius 3 is 2.92 bits per heavy atom. The van der Waals surface area contributed by atoms with Gasteiger partial charge in [-0.1, -0.05) is 5.21 Å². The van der Waals surface area contributed by atoms with Crippen molar-refractivity contribution < 1.29 is 9.59 Å². The predicted octanol–water partition coefficient (Wildman–Crippen LogP) is 0.493. The first-order valence-electron chi connectivity index (χ1n) is 8.08. The molecule has 2 fully saturated rings. The van der Waals surface area contributed by atoms with Crippen molar-refractivity contribution in [3.8, 4) is 0 Å². The summed E-state index contributed by atoms with van der Waals surface area (Å²) in [7, 11) is 0. The molecule has 0 aromatic carbocycles. The van der Waals surface area contributed by atoms with Crippen molar-refractivity contribution in [3.05, 3.63) is 42.0 Å². The Bertz CT molecular complexity index is 753. The summed E-state index contributed by atoms with van der Waals surface area (Å²) in [5.74, 6) is 0.170. The fourth-order valence-electron chi connectivity index (χ4n) is 3.09. The molecule has 0 radical (unpaired) electrons. The molecule has 0 bridgehead atoms. The third-order valence-electron chi connectivity index (χ3n) is 4.51. The average Bonchev–Trinajstić information content (AvgIpc) is 3.17. The van der Waals surface area contributed by atoms with Gasteiger partial charge >= 0.3 is 0 Å². The molecule has 2 aromatic heterocycles. The fourth-order valence-corrected chi connectivity index (χ4v) is 3.09. The molecule has 0 N–H and O–H groups in total. The zero-order chi connectivity index (χ0) is 16.5. The van der Waals surface area contributed by atoms with Gasteiger partial charge in [-0.25, -0.2) is 4.68 Å². The highest BCUT2D eigenvalue weighted by Crippen LogP contribution is 2.23. The van der Waals surface area contributed by atoms with Crippen LogP contribution in [-0.4, -0.2) is 61.2 Å². The molecule has 2 aliphatic heterocycles. The van der Waals surface area contributed by atoms with Crippen LogP contribution in [0.15, 0.2) is 30.7 Å². The Morgan fingerprint density at radius 1 is 1.33 bits per heavy atom. The summed E-state index contributed by atoms with van der Waals surface area (Å²) < 4.78 is 1.79. The van der Waals surface area contributed by atoms with E-state index in [0.717, 1.165) is 18.7 Å². The number of amides is 2. The minimum atomic E-state index is -0.0117. The van der Waals surface area contributed by atoms with Gasteiger partial charge in [0.05, 0.1) is 24.3 Å². The summed E-state index contributed by atoms with van der Waals surface area (Å²) in [4.78, 5) is 31.5. The van der Waals surface area contributed by atoms with Crippen molar-refractivity contribution in [2.75, 3.05) is 19.6 Å². The number of pyridine rings is 1. The lowest BCUT2D eigenvalue weighted by atomic mass is 10.1. The number of likely N-dealkylation sites (tertiary alicyclic amines) is 2. The highest BCUT2D eigenvalue weighted by atomic mass is 16.2. The summed E-state index contributed by atoms with van der Waals surface area (Å²) in [6, 6.07) is 3.66. The second-order valence-electron chi connectivity index (χ2n) is 6.21. The van der Waals surface area contributed by atoms with Crippen LogP contribution in [0.2, 0.25) is 0 Å². The van der Waals surface area contributed by atoms with E-state index < -0.39 is 0 Å². The van der Waals surface area contributed by atoms with Crippen LogP contribution < -0.4 is 0 Å². The molecule has 2 saturated heterocycles. The van der Waals surface area contributed by atoms with Gasteiger partial charge in [-0.3, -0.25) is 14.6 Å². The monoisotopic (exact) mass is 326 g/mol. The highest BCUT2D eigenvalue weighted by Gasteiger charge is 2.33. The van der Waals surface area contributed by atoms with Gasteiger partial charge in [0.1, 0.15) is 5.69 Å². The summed E-state index contributed by atoms with van der Waals surface area (Å²) in [5, 5.41) is 8.30. The molecule has 4 heterocycles.